The second-order valence-electron chi connectivity index (χ2n) is 4.26. The fourth-order valence-corrected chi connectivity index (χ4v) is 2.47. The van der Waals surface area contributed by atoms with Crippen molar-refractivity contribution in [2.45, 2.75) is 19.4 Å². The third-order valence-corrected chi connectivity index (χ3v) is 3.61. The number of aliphatic hydroxyl groups is 1. The number of thiazole rings is 1. The number of aliphatic hydroxyl groups excluding tert-OH is 1. The first kappa shape index (κ1) is 12.1. The minimum absolute atomic E-state index is 0.290. The number of benzene rings is 1. The third kappa shape index (κ3) is 2.50. The maximum atomic E-state index is 9.29. The second-order valence-corrected chi connectivity index (χ2v) is 5.14. The van der Waals surface area contributed by atoms with E-state index in [2.05, 4.69) is 9.88 Å². The SMILES string of the molecule is CC(O)CCN(C)c1ccc2scnc2c1N. The molecule has 0 aliphatic carbocycles. The molecule has 1 atom stereocenters. The number of nitrogens with zero attached hydrogens (tertiary/aromatic N) is 2. The Hall–Kier alpha value is -1.33. The standard InChI is InChI=1S/C12H17N3OS/c1-8(16)5-6-15(2)9-3-4-10-12(11(9)13)14-7-17-10/h3-4,7-8,16H,5-6,13H2,1-2H3. The van der Waals surface area contributed by atoms with Gasteiger partial charge in [0.1, 0.15) is 5.52 Å². The molecule has 0 saturated heterocycles. The highest BCUT2D eigenvalue weighted by molar-refractivity contribution is 7.16. The summed E-state index contributed by atoms with van der Waals surface area (Å²) in [5.41, 5.74) is 10.5. The zero-order valence-electron chi connectivity index (χ0n) is 10.1. The van der Waals surface area contributed by atoms with Crippen LogP contribution in [0.5, 0.6) is 0 Å². The molecule has 5 heteroatoms. The molecule has 92 valence electrons. The van der Waals surface area contributed by atoms with E-state index in [9.17, 15) is 5.11 Å². The van der Waals surface area contributed by atoms with Crippen LogP contribution in [0.2, 0.25) is 0 Å². The first-order chi connectivity index (χ1) is 8.09. The molecule has 0 saturated carbocycles. The summed E-state index contributed by atoms with van der Waals surface area (Å²) in [6, 6.07) is 4.05. The monoisotopic (exact) mass is 251 g/mol. The van der Waals surface area contributed by atoms with Crippen molar-refractivity contribution in [1.29, 1.82) is 0 Å². The normalized spacial score (nSPS) is 12.9. The third-order valence-electron chi connectivity index (χ3n) is 2.81. The van der Waals surface area contributed by atoms with Gasteiger partial charge in [-0.05, 0) is 25.5 Å². The van der Waals surface area contributed by atoms with Crippen molar-refractivity contribution < 1.29 is 5.11 Å². The highest BCUT2D eigenvalue weighted by atomic mass is 32.1. The quantitative estimate of drug-likeness (QED) is 0.817. The molecule has 0 aliphatic heterocycles. The Bertz CT molecular complexity index is 509. The molecule has 4 nitrogen and oxygen atoms in total. The van der Waals surface area contributed by atoms with Crippen LogP contribution in [-0.4, -0.2) is 29.8 Å². The Labute approximate surface area is 105 Å². The largest absolute Gasteiger partial charge is 0.395 e. The predicted octanol–water partition coefficient (Wildman–Crippen LogP) is 2.09. The first-order valence-electron chi connectivity index (χ1n) is 5.60. The number of aromatic nitrogens is 1. The number of hydrogen-bond acceptors (Lipinski definition) is 5. The summed E-state index contributed by atoms with van der Waals surface area (Å²) in [4.78, 5) is 6.33. The van der Waals surface area contributed by atoms with E-state index in [4.69, 9.17) is 5.73 Å². The van der Waals surface area contributed by atoms with Crippen molar-refractivity contribution in [3.05, 3.63) is 17.6 Å². The molecular formula is C12H17N3OS. The smallest absolute Gasteiger partial charge is 0.106 e. The number of anilines is 2. The van der Waals surface area contributed by atoms with E-state index in [1.165, 1.54) is 0 Å². The van der Waals surface area contributed by atoms with Gasteiger partial charge in [0.25, 0.3) is 0 Å². The summed E-state index contributed by atoms with van der Waals surface area (Å²) in [7, 11) is 1.98. The lowest BCUT2D eigenvalue weighted by Gasteiger charge is -2.21. The summed E-state index contributed by atoms with van der Waals surface area (Å²) < 4.78 is 1.11. The minimum Gasteiger partial charge on any atom is -0.395 e. The van der Waals surface area contributed by atoms with Crippen LogP contribution >= 0.6 is 11.3 Å². The van der Waals surface area contributed by atoms with E-state index in [1.54, 1.807) is 23.8 Å². The molecule has 1 aromatic carbocycles. The summed E-state index contributed by atoms with van der Waals surface area (Å²) in [5, 5.41) is 9.29. The number of nitrogen functional groups attached to an aromatic ring is 1. The van der Waals surface area contributed by atoms with E-state index in [-0.39, 0.29) is 6.10 Å². The Balaban J connectivity index is 2.25. The Morgan fingerprint density at radius 2 is 2.29 bits per heavy atom. The molecule has 0 spiro atoms. The zero-order chi connectivity index (χ0) is 12.4. The molecule has 17 heavy (non-hydrogen) atoms. The van der Waals surface area contributed by atoms with Gasteiger partial charge < -0.3 is 15.7 Å². The molecule has 1 unspecified atom stereocenters. The maximum absolute atomic E-state index is 9.29. The number of hydrogen-bond donors (Lipinski definition) is 2. The van der Waals surface area contributed by atoms with E-state index in [0.29, 0.717) is 0 Å². The van der Waals surface area contributed by atoms with Crippen molar-refractivity contribution in [3.8, 4) is 0 Å². The van der Waals surface area contributed by atoms with Gasteiger partial charge in [-0.1, -0.05) is 0 Å². The Morgan fingerprint density at radius 3 is 3.00 bits per heavy atom. The van der Waals surface area contributed by atoms with Crippen molar-refractivity contribution in [2.24, 2.45) is 0 Å². The van der Waals surface area contributed by atoms with E-state index < -0.39 is 0 Å². The summed E-state index contributed by atoms with van der Waals surface area (Å²) in [5.74, 6) is 0. The van der Waals surface area contributed by atoms with Crippen molar-refractivity contribution in [1.82, 2.24) is 4.98 Å². The molecule has 2 aromatic rings. The fraction of sp³-hybridized carbons (Fsp3) is 0.417. The van der Waals surface area contributed by atoms with Crippen LogP contribution in [0.1, 0.15) is 13.3 Å². The molecule has 0 amide bonds. The summed E-state index contributed by atoms with van der Waals surface area (Å²) >= 11 is 1.59. The van der Waals surface area contributed by atoms with Gasteiger partial charge in [0.2, 0.25) is 0 Å². The molecule has 0 fully saturated rings. The summed E-state index contributed by atoms with van der Waals surface area (Å²) in [6.07, 6.45) is 0.437. The van der Waals surface area contributed by atoms with E-state index >= 15 is 0 Å². The van der Waals surface area contributed by atoms with Crippen LogP contribution in [0.25, 0.3) is 10.2 Å². The maximum Gasteiger partial charge on any atom is 0.106 e. The van der Waals surface area contributed by atoms with Gasteiger partial charge >= 0.3 is 0 Å². The average Bonchev–Trinajstić information content (AvgIpc) is 2.75. The zero-order valence-corrected chi connectivity index (χ0v) is 10.9. The molecule has 2 rings (SSSR count). The van der Waals surface area contributed by atoms with Gasteiger partial charge in [-0.2, -0.15) is 0 Å². The summed E-state index contributed by atoms with van der Waals surface area (Å²) in [6.45, 7) is 2.57. The first-order valence-corrected chi connectivity index (χ1v) is 6.48. The van der Waals surface area contributed by atoms with Crippen LogP contribution in [0, 0.1) is 0 Å². The topological polar surface area (TPSA) is 62.4 Å². The van der Waals surface area contributed by atoms with Gasteiger partial charge in [-0.3, -0.25) is 0 Å². The van der Waals surface area contributed by atoms with Crippen molar-refractivity contribution >= 4 is 32.9 Å². The highest BCUT2D eigenvalue weighted by Crippen LogP contribution is 2.31. The second kappa shape index (κ2) is 4.89. The number of nitrogens with two attached hydrogens (primary N) is 1. The predicted molar refractivity (Wildman–Crippen MR) is 73.6 cm³/mol. The molecule has 3 N–H and O–H groups in total. The number of rotatable bonds is 4. The van der Waals surface area contributed by atoms with E-state index in [0.717, 1.165) is 34.6 Å². The minimum atomic E-state index is -0.290. The molecular weight excluding hydrogens is 234 g/mol. The van der Waals surface area contributed by atoms with Crippen LogP contribution in [0.3, 0.4) is 0 Å². The highest BCUT2D eigenvalue weighted by Gasteiger charge is 2.10. The Morgan fingerprint density at radius 1 is 1.53 bits per heavy atom. The van der Waals surface area contributed by atoms with Crippen LogP contribution in [-0.2, 0) is 0 Å². The van der Waals surface area contributed by atoms with E-state index in [1.807, 2.05) is 19.2 Å². The molecule has 1 aromatic heterocycles. The average molecular weight is 251 g/mol. The van der Waals surface area contributed by atoms with Gasteiger partial charge in [0.05, 0.1) is 27.7 Å². The van der Waals surface area contributed by atoms with Crippen molar-refractivity contribution in [3.63, 3.8) is 0 Å². The van der Waals surface area contributed by atoms with Crippen LogP contribution in [0.15, 0.2) is 17.6 Å². The molecule has 0 bridgehead atoms. The van der Waals surface area contributed by atoms with Gasteiger partial charge in [0, 0.05) is 13.6 Å². The fourth-order valence-electron chi connectivity index (χ4n) is 1.78. The lowest BCUT2D eigenvalue weighted by Crippen LogP contribution is -2.22. The molecule has 0 radical (unpaired) electrons. The van der Waals surface area contributed by atoms with Gasteiger partial charge in [-0.25, -0.2) is 4.98 Å². The lowest BCUT2D eigenvalue weighted by atomic mass is 10.2. The number of fused-ring (bicyclic) bond motifs is 1. The van der Waals surface area contributed by atoms with Crippen molar-refractivity contribution in [2.75, 3.05) is 24.2 Å². The van der Waals surface area contributed by atoms with Crippen LogP contribution < -0.4 is 10.6 Å². The lowest BCUT2D eigenvalue weighted by molar-refractivity contribution is 0.187. The van der Waals surface area contributed by atoms with Gasteiger partial charge in [0.15, 0.2) is 0 Å². The Kier molecular flexibility index (Phi) is 3.49. The molecule has 1 heterocycles. The van der Waals surface area contributed by atoms with Crippen LogP contribution in [0.4, 0.5) is 11.4 Å². The van der Waals surface area contributed by atoms with Gasteiger partial charge in [-0.15, -0.1) is 11.3 Å². The molecule has 0 aliphatic rings.